The molecular formula is C28H39N3O3. The molecule has 2 aromatic rings. The summed E-state index contributed by atoms with van der Waals surface area (Å²) in [6, 6.07) is 15.7. The van der Waals surface area contributed by atoms with Gasteiger partial charge in [-0.2, -0.15) is 0 Å². The van der Waals surface area contributed by atoms with Crippen molar-refractivity contribution in [1.29, 1.82) is 0 Å². The molecule has 2 aromatic carbocycles. The van der Waals surface area contributed by atoms with Crippen LogP contribution in [0.1, 0.15) is 64.0 Å². The summed E-state index contributed by atoms with van der Waals surface area (Å²) in [7, 11) is 1.62. The van der Waals surface area contributed by atoms with Crippen molar-refractivity contribution in [2.45, 2.75) is 77.9 Å². The molecule has 3 N–H and O–H groups in total. The Morgan fingerprint density at radius 1 is 1.03 bits per heavy atom. The smallest absolute Gasteiger partial charge is 0.228 e. The molecule has 0 aromatic heterocycles. The summed E-state index contributed by atoms with van der Waals surface area (Å²) in [5, 5.41) is 3.06. The first-order chi connectivity index (χ1) is 16.1. The highest BCUT2D eigenvalue weighted by Crippen LogP contribution is 2.29. The van der Waals surface area contributed by atoms with Gasteiger partial charge < -0.3 is 20.7 Å². The van der Waals surface area contributed by atoms with Gasteiger partial charge in [-0.05, 0) is 60.4 Å². The zero-order valence-electron chi connectivity index (χ0n) is 21.0. The van der Waals surface area contributed by atoms with Crippen LogP contribution in [0.5, 0.6) is 5.75 Å². The van der Waals surface area contributed by atoms with Crippen LogP contribution in [0, 0.1) is 5.41 Å². The Kier molecular flexibility index (Phi) is 8.72. The molecule has 0 bridgehead atoms. The molecule has 2 amide bonds. The minimum absolute atomic E-state index is 0.0891. The number of benzene rings is 2. The first-order valence-electron chi connectivity index (χ1n) is 12.2. The second-order valence-corrected chi connectivity index (χ2v) is 10.6. The zero-order chi connectivity index (χ0) is 24.7. The topological polar surface area (TPSA) is 84.7 Å². The molecule has 1 aliphatic carbocycles. The number of methoxy groups -OCH3 is 1. The molecule has 0 saturated heterocycles. The Balaban J connectivity index is 1.74. The van der Waals surface area contributed by atoms with E-state index in [0.29, 0.717) is 13.0 Å². The maximum atomic E-state index is 13.4. The molecule has 6 heteroatoms. The number of carbonyl (C=O) groups is 2. The van der Waals surface area contributed by atoms with Crippen molar-refractivity contribution in [2.75, 3.05) is 12.4 Å². The van der Waals surface area contributed by atoms with Crippen LogP contribution in [0.15, 0.2) is 48.5 Å². The number of nitrogens with zero attached hydrogens (tertiary/aromatic N) is 1. The summed E-state index contributed by atoms with van der Waals surface area (Å²) in [5.41, 5.74) is 8.65. The molecule has 6 nitrogen and oxygen atoms in total. The molecule has 0 atom stereocenters. The van der Waals surface area contributed by atoms with E-state index in [2.05, 4.69) is 26.1 Å². The number of amides is 2. The van der Waals surface area contributed by atoms with Gasteiger partial charge in [-0.15, -0.1) is 0 Å². The molecule has 0 heterocycles. The van der Waals surface area contributed by atoms with E-state index < -0.39 is 0 Å². The highest BCUT2D eigenvalue weighted by Gasteiger charge is 2.30. The van der Waals surface area contributed by atoms with E-state index in [4.69, 9.17) is 10.5 Å². The van der Waals surface area contributed by atoms with E-state index in [1.807, 2.05) is 53.4 Å². The molecular weight excluding hydrogens is 426 g/mol. The number of nitrogens with two attached hydrogens (primary N) is 1. The molecule has 1 fully saturated rings. The maximum absolute atomic E-state index is 13.4. The van der Waals surface area contributed by atoms with Crippen LogP contribution >= 0.6 is 0 Å². The van der Waals surface area contributed by atoms with Crippen molar-refractivity contribution in [2.24, 2.45) is 11.1 Å². The van der Waals surface area contributed by atoms with Crippen LogP contribution in [0.2, 0.25) is 0 Å². The molecule has 0 unspecified atom stereocenters. The van der Waals surface area contributed by atoms with Crippen LogP contribution in [-0.4, -0.2) is 35.9 Å². The quantitative estimate of drug-likeness (QED) is 0.580. The predicted octanol–water partition coefficient (Wildman–Crippen LogP) is 4.91. The number of nitrogens with one attached hydrogen (secondary N) is 1. The first-order valence-corrected chi connectivity index (χ1v) is 12.2. The van der Waals surface area contributed by atoms with Crippen LogP contribution in [0.25, 0.3) is 0 Å². The van der Waals surface area contributed by atoms with Gasteiger partial charge in [0.25, 0.3) is 0 Å². The fourth-order valence-electron chi connectivity index (χ4n) is 4.48. The van der Waals surface area contributed by atoms with E-state index in [1.165, 1.54) is 0 Å². The molecule has 1 aliphatic rings. The summed E-state index contributed by atoms with van der Waals surface area (Å²) in [5.74, 6) is 0.833. The van der Waals surface area contributed by atoms with Gasteiger partial charge in [0.1, 0.15) is 5.75 Å². The monoisotopic (exact) mass is 465 g/mol. The SMILES string of the molecule is COc1ccc(CC(=O)Nc2ccccc2CN(C(=O)CC(C)(C)C)C2CCC(N)CC2)cc1. The van der Waals surface area contributed by atoms with E-state index in [9.17, 15) is 9.59 Å². The van der Waals surface area contributed by atoms with Crippen LogP contribution in [-0.2, 0) is 22.6 Å². The van der Waals surface area contributed by atoms with Gasteiger partial charge in [0.2, 0.25) is 11.8 Å². The third-order valence-corrected chi connectivity index (χ3v) is 6.34. The van der Waals surface area contributed by atoms with E-state index in [1.54, 1.807) is 7.11 Å². The second kappa shape index (κ2) is 11.5. The Morgan fingerprint density at radius 2 is 1.68 bits per heavy atom. The van der Waals surface area contributed by atoms with Crippen molar-refractivity contribution in [1.82, 2.24) is 4.90 Å². The molecule has 0 spiro atoms. The normalized spacial score (nSPS) is 18.3. The largest absolute Gasteiger partial charge is 0.497 e. The second-order valence-electron chi connectivity index (χ2n) is 10.6. The van der Waals surface area contributed by atoms with Crippen molar-refractivity contribution in [3.8, 4) is 5.75 Å². The van der Waals surface area contributed by atoms with E-state index in [0.717, 1.165) is 48.2 Å². The summed E-state index contributed by atoms with van der Waals surface area (Å²) >= 11 is 0. The lowest BCUT2D eigenvalue weighted by Crippen LogP contribution is -2.44. The number of anilines is 1. The third-order valence-electron chi connectivity index (χ3n) is 6.34. The van der Waals surface area contributed by atoms with Crippen molar-refractivity contribution < 1.29 is 14.3 Å². The van der Waals surface area contributed by atoms with Gasteiger partial charge in [-0.1, -0.05) is 51.1 Å². The van der Waals surface area contributed by atoms with Crippen LogP contribution in [0.4, 0.5) is 5.69 Å². The van der Waals surface area contributed by atoms with E-state index in [-0.39, 0.29) is 35.7 Å². The van der Waals surface area contributed by atoms with Crippen molar-refractivity contribution >= 4 is 17.5 Å². The van der Waals surface area contributed by atoms with Crippen molar-refractivity contribution in [3.63, 3.8) is 0 Å². The van der Waals surface area contributed by atoms with Gasteiger partial charge in [0.05, 0.1) is 13.5 Å². The standard InChI is InChI=1S/C28H39N3O3/c1-28(2,3)18-27(33)31(23-13-11-22(29)12-14-23)19-21-7-5-6-8-25(21)30-26(32)17-20-9-15-24(34-4)16-10-20/h5-10,15-16,22-23H,11-14,17-19,29H2,1-4H3,(H,30,32). The average molecular weight is 466 g/mol. The third kappa shape index (κ3) is 7.59. The van der Waals surface area contributed by atoms with Gasteiger partial charge in [-0.3, -0.25) is 9.59 Å². The Labute approximate surface area is 203 Å². The van der Waals surface area contributed by atoms with Crippen LogP contribution in [0.3, 0.4) is 0 Å². The molecule has 184 valence electrons. The van der Waals surface area contributed by atoms with Crippen molar-refractivity contribution in [3.05, 3.63) is 59.7 Å². The Hall–Kier alpha value is -2.86. The first kappa shape index (κ1) is 25.8. The summed E-state index contributed by atoms with van der Waals surface area (Å²) in [6.07, 6.45) is 4.47. The number of ether oxygens (including phenoxy) is 1. The Morgan fingerprint density at radius 3 is 2.29 bits per heavy atom. The minimum Gasteiger partial charge on any atom is -0.497 e. The summed E-state index contributed by atoms with van der Waals surface area (Å²) < 4.78 is 5.19. The molecule has 0 aliphatic heterocycles. The number of hydrogen-bond donors (Lipinski definition) is 2. The lowest BCUT2D eigenvalue weighted by Gasteiger charge is -2.38. The average Bonchev–Trinajstić information content (AvgIpc) is 2.78. The van der Waals surface area contributed by atoms with Crippen LogP contribution < -0.4 is 15.8 Å². The number of para-hydroxylation sites is 1. The highest BCUT2D eigenvalue weighted by atomic mass is 16.5. The van der Waals surface area contributed by atoms with Gasteiger partial charge >= 0.3 is 0 Å². The summed E-state index contributed by atoms with van der Waals surface area (Å²) in [6.45, 7) is 6.75. The highest BCUT2D eigenvalue weighted by molar-refractivity contribution is 5.93. The molecule has 3 rings (SSSR count). The zero-order valence-corrected chi connectivity index (χ0v) is 21.0. The van der Waals surface area contributed by atoms with E-state index >= 15 is 0 Å². The fourth-order valence-corrected chi connectivity index (χ4v) is 4.48. The lowest BCUT2D eigenvalue weighted by atomic mass is 9.88. The Bertz CT molecular complexity index is 958. The molecule has 34 heavy (non-hydrogen) atoms. The number of rotatable bonds is 8. The lowest BCUT2D eigenvalue weighted by molar-refractivity contribution is -0.137. The molecule has 1 saturated carbocycles. The maximum Gasteiger partial charge on any atom is 0.228 e. The number of carbonyl (C=O) groups excluding carboxylic acids is 2. The fraction of sp³-hybridized carbons (Fsp3) is 0.500. The van der Waals surface area contributed by atoms with Gasteiger partial charge in [-0.25, -0.2) is 0 Å². The van der Waals surface area contributed by atoms with Gasteiger partial charge in [0.15, 0.2) is 0 Å². The number of hydrogen-bond acceptors (Lipinski definition) is 4. The predicted molar refractivity (Wildman–Crippen MR) is 137 cm³/mol. The van der Waals surface area contributed by atoms with Gasteiger partial charge in [0, 0.05) is 30.7 Å². The minimum atomic E-state index is -0.0908. The summed E-state index contributed by atoms with van der Waals surface area (Å²) in [4.78, 5) is 28.2. The molecule has 0 radical (unpaired) electrons.